The van der Waals surface area contributed by atoms with Crippen LogP contribution in [0.5, 0.6) is 0 Å². The van der Waals surface area contributed by atoms with Crippen molar-refractivity contribution in [3.05, 3.63) is 71.7 Å². The monoisotopic (exact) mass is 441 g/mol. The van der Waals surface area contributed by atoms with Crippen LogP contribution in [0.25, 0.3) is 5.69 Å². The molecule has 1 aliphatic carbocycles. The lowest BCUT2D eigenvalue weighted by Gasteiger charge is -2.35. The smallest absolute Gasteiger partial charge is 0.353 e. The van der Waals surface area contributed by atoms with E-state index in [1.807, 2.05) is 18.2 Å². The van der Waals surface area contributed by atoms with Crippen LogP contribution in [0.3, 0.4) is 0 Å². The number of halogens is 3. The Bertz CT molecular complexity index is 1120. The molecule has 5 rings (SSSR count). The molecular weight excluding hydrogens is 419 g/mol. The van der Waals surface area contributed by atoms with Crippen molar-refractivity contribution in [2.45, 2.75) is 24.9 Å². The van der Waals surface area contributed by atoms with Gasteiger partial charge in [0.2, 0.25) is 0 Å². The molecule has 1 saturated heterocycles. The number of carbonyl (C=O) groups excluding carboxylic acids is 1. The first kappa shape index (κ1) is 20.5. The highest BCUT2D eigenvalue weighted by molar-refractivity contribution is 5.95. The first-order chi connectivity index (χ1) is 15.4. The van der Waals surface area contributed by atoms with Crippen LogP contribution in [0, 0.1) is 0 Å². The lowest BCUT2D eigenvalue weighted by atomic mass is 10.1. The third-order valence-electron chi connectivity index (χ3n) is 5.96. The second-order valence-corrected chi connectivity index (χ2v) is 8.14. The number of carbonyl (C=O) groups is 1. The topological polar surface area (TPSA) is 54.3 Å². The summed E-state index contributed by atoms with van der Waals surface area (Å²) in [7, 11) is 0. The number of nitrogens with zero attached hydrogens (tertiary/aromatic N) is 5. The Hall–Kier alpha value is -3.36. The van der Waals surface area contributed by atoms with Crippen LogP contribution in [-0.2, 0) is 6.18 Å². The number of pyridine rings is 1. The van der Waals surface area contributed by atoms with Crippen molar-refractivity contribution in [1.29, 1.82) is 0 Å². The fraction of sp³-hybridized carbons (Fsp3) is 0.348. The summed E-state index contributed by atoms with van der Waals surface area (Å²) in [5.74, 6) is 0.905. The van der Waals surface area contributed by atoms with Crippen molar-refractivity contribution in [1.82, 2.24) is 19.7 Å². The fourth-order valence-corrected chi connectivity index (χ4v) is 4.14. The minimum absolute atomic E-state index is 0.120. The molecule has 3 aromatic rings. The Morgan fingerprint density at radius 1 is 1.00 bits per heavy atom. The molecule has 0 atom stereocenters. The number of anilines is 1. The summed E-state index contributed by atoms with van der Waals surface area (Å²) in [6.45, 7) is 2.44. The van der Waals surface area contributed by atoms with Gasteiger partial charge >= 0.3 is 6.18 Å². The molecule has 32 heavy (non-hydrogen) atoms. The SMILES string of the molecule is O=C(c1cnn(-c2cccc(C(F)(F)F)c2)c1C1CC1)N1CCN(c2ccccn2)CC1. The maximum Gasteiger partial charge on any atom is 0.416 e. The van der Waals surface area contributed by atoms with E-state index in [9.17, 15) is 18.0 Å². The van der Waals surface area contributed by atoms with Crippen molar-refractivity contribution in [2.24, 2.45) is 0 Å². The number of piperazine rings is 1. The molecule has 1 aliphatic heterocycles. The third-order valence-corrected chi connectivity index (χ3v) is 5.96. The van der Waals surface area contributed by atoms with Gasteiger partial charge in [0, 0.05) is 38.3 Å². The van der Waals surface area contributed by atoms with Gasteiger partial charge in [-0.15, -0.1) is 0 Å². The van der Waals surface area contributed by atoms with E-state index in [1.165, 1.54) is 16.9 Å². The van der Waals surface area contributed by atoms with Gasteiger partial charge in [0.05, 0.1) is 28.7 Å². The van der Waals surface area contributed by atoms with Gasteiger partial charge in [0.25, 0.3) is 5.91 Å². The summed E-state index contributed by atoms with van der Waals surface area (Å²) in [6.07, 6.45) is 0.615. The summed E-state index contributed by atoms with van der Waals surface area (Å²) < 4.78 is 41.1. The van der Waals surface area contributed by atoms with E-state index >= 15 is 0 Å². The Kier molecular flexibility index (Phi) is 5.11. The molecule has 2 aromatic heterocycles. The van der Waals surface area contributed by atoms with Crippen molar-refractivity contribution >= 4 is 11.7 Å². The van der Waals surface area contributed by atoms with E-state index in [2.05, 4.69) is 15.0 Å². The summed E-state index contributed by atoms with van der Waals surface area (Å²) in [6, 6.07) is 10.8. The van der Waals surface area contributed by atoms with Crippen LogP contribution in [0.2, 0.25) is 0 Å². The van der Waals surface area contributed by atoms with Crippen molar-refractivity contribution < 1.29 is 18.0 Å². The molecule has 0 N–H and O–H groups in total. The van der Waals surface area contributed by atoms with E-state index < -0.39 is 11.7 Å². The standard InChI is InChI=1S/C23H22F3N5O/c24-23(25,26)17-4-3-5-18(14-17)31-21(16-7-8-16)19(15-28-31)22(32)30-12-10-29(11-13-30)20-6-1-2-9-27-20/h1-6,9,14-16H,7-8,10-13H2. The van der Waals surface area contributed by atoms with E-state index in [0.29, 0.717) is 43.1 Å². The molecule has 1 amide bonds. The van der Waals surface area contributed by atoms with Crippen LogP contribution in [-0.4, -0.2) is 51.8 Å². The van der Waals surface area contributed by atoms with E-state index in [0.717, 1.165) is 30.8 Å². The third kappa shape index (κ3) is 3.94. The van der Waals surface area contributed by atoms with Crippen molar-refractivity contribution in [2.75, 3.05) is 31.1 Å². The quantitative estimate of drug-likeness (QED) is 0.611. The normalized spacial score (nSPS) is 17.0. The lowest BCUT2D eigenvalue weighted by Crippen LogP contribution is -2.49. The molecule has 0 unspecified atom stereocenters. The van der Waals surface area contributed by atoms with Gasteiger partial charge in [0.1, 0.15) is 5.82 Å². The van der Waals surface area contributed by atoms with Gasteiger partial charge < -0.3 is 9.80 Å². The molecule has 0 radical (unpaired) electrons. The van der Waals surface area contributed by atoms with Gasteiger partial charge in [-0.25, -0.2) is 9.67 Å². The molecule has 3 heterocycles. The van der Waals surface area contributed by atoms with Gasteiger partial charge in [-0.05, 0) is 43.2 Å². The number of alkyl halides is 3. The predicted molar refractivity (Wildman–Crippen MR) is 113 cm³/mol. The predicted octanol–water partition coefficient (Wildman–Crippen LogP) is 4.13. The zero-order valence-corrected chi connectivity index (χ0v) is 17.3. The maximum atomic E-state index is 13.3. The van der Waals surface area contributed by atoms with Crippen molar-refractivity contribution in [3.8, 4) is 5.69 Å². The molecule has 166 valence electrons. The highest BCUT2D eigenvalue weighted by Crippen LogP contribution is 2.43. The highest BCUT2D eigenvalue weighted by atomic mass is 19.4. The van der Waals surface area contributed by atoms with Gasteiger partial charge in [0.15, 0.2) is 0 Å². The largest absolute Gasteiger partial charge is 0.416 e. The molecule has 0 spiro atoms. The Balaban J connectivity index is 1.38. The Morgan fingerprint density at radius 3 is 2.44 bits per heavy atom. The number of rotatable bonds is 4. The van der Waals surface area contributed by atoms with E-state index in [4.69, 9.17) is 0 Å². The summed E-state index contributed by atoms with van der Waals surface area (Å²) in [5.41, 5.74) is 0.782. The minimum Gasteiger partial charge on any atom is -0.353 e. The zero-order valence-electron chi connectivity index (χ0n) is 17.3. The highest BCUT2D eigenvalue weighted by Gasteiger charge is 2.36. The molecule has 0 bridgehead atoms. The molecule has 9 heteroatoms. The molecule has 1 saturated carbocycles. The number of amides is 1. The van der Waals surface area contributed by atoms with Crippen molar-refractivity contribution in [3.63, 3.8) is 0 Å². The second kappa shape index (κ2) is 7.96. The number of hydrogen-bond acceptors (Lipinski definition) is 4. The lowest BCUT2D eigenvalue weighted by molar-refractivity contribution is -0.137. The van der Waals surface area contributed by atoms with Crippen LogP contribution < -0.4 is 4.90 Å². The van der Waals surface area contributed by atoms with Gasteiger partial charge in [-0.3, -0.25) is 4.79 Å². The first-order valence-electron chi connectivity index (χ1n) is 10.6. The second-order valence-electron chi connectivity index (χ2n) is 8.14. The summed E-state index contributed by atoms with van der Waals surface area (Å²) >= 11 is 0. The van der Waals surface area contributed by atoms with Gasteiger partial charge in [-0.2, -0.15) is 18.3 Å². The molecule has 2 fully saturated rings. The summed E-state index contributed by atoms with van der Waals surface area (Å²) in [5, 5.41) is 4.33. The van der Waals surface area contributed by atoms with E-state index in [-0.39, 0.29) is 11.8 Å². The molecule has 2 aliphatic rings. The number of hydrogen-bond donors (Lipinski definition) is 0. The van der Waals surface area contributed by atoms with E-state index in [1.54, 1.807) is 17.2 Å². The van der Waals surface area contributed by atoms with Gasteiger partial charge in [-0.1, -0.05) is 12.1 Å². The Labute approximate surface area is 183 Å². The van der Waals surface area contributed by atoms with Crippen LogP contribution in [0.15, 0.2) is 54.9 Å². The van der Waals surface area contributed by atoms with Crippen LogP contribution in [0.4, 0.5) is 19.0 Å². The maximum absolute atomic E-state index is 13.3. The fourth-order valence-electron chi connectivity index (χ4n) is 4.14. The first-order valence-corrected chi connectivity index (χ1v) is 10.6. The van der Waals surface area contributed by atoms with Crippen LogP contribution >= 0.6 is 0 Å². The minimum atomic E-state index is -4.44. The zero-order chi connectivity index (χ0) is 22.3. The van der Waals surface area contributed by atoms with Crippen LogP contribution in [0.1, 0.15) is 40.4 Å². The number of benzene rings is 1. The molecule has 1 aromatic carbocycles. The molecular formula is C23H22F3N5O. The molecule has 6 nitrogen and oxygen atoms in total. The average Bonchev–Trinajstić information content (AvgIpc) is 3.56. The Morgan fingerprint density at radius 2 is 1.78 bits per heavy atom. The number of aromatic nitrogens is 3. The summed E-state index contributed by atoms with van der Waals surface area (Å²) in [4.78, 5) is 21.6. The average molecular weight is 441 g/mol.